The second-order valence-electron chi connectivity index (χ2n) is 20.2. The molecule has 12 rings (SSSR count). The second-order valence-corrected chi connectivity index (χ2v) is 20.2. The van der Waals surface area contributed by atoms with Gasteiger partial charge in [-0.1, -0.05) is 123 Å². The third kappa shape index (κ3) is 4.67. The predicted molar refractivity (Wildman–Crippen MR) is 250 cm³/mol. The van der Waals surface area contributed by atoms with Crippen LogP contribution >= 0.6 is 0 Å². The smallest absolute Gasteiger partial charge is 0.333 e. The molecule has 0 unspecified atom stereocenters. The number of hydrogen-bond acceptors (Lipinski definition) is 3. The molecular weight excluding hydrogens is 719 g/mol. The Hall–Kier alpha value is -6.20. The molecule has 2 aliphatic rings. The van der Waals surface area contributed by atoms with Crippen LogP contribution < -0.4 is 15.7 Å². The highest BCUT2D eigenvalue weighted by molar-refractivity contribution is 6.94. The molecule has 0 saturated heterocycles. The van der Waals surface area contributed by atoms with Gasteiger partial charge < -0.3 is 18.2 Å². The third-order valence-corrected chi connectivity index (χ3v) is 13.4. The Labute approximate surface area is 345 Å². The maximum atomic E-state index is 7.22. The molecule has 2 aliphatic heterocycles. The van der Waals surface area contributed by atoms with Crippen molar-refractivity contribution in [2.45, 2.75) is 78.6 Å². The van der Waals surface area contributed by atoms with E-state index in [1.807, 2.05) is 0 Å². The summed E-state index contributed by atoms with van der Waals surface area (Å²) in [5, 5.41) is 7.12. The molecule has 0 bridgehead atoms. The van der Waals surface area contributed by atoms with E-state index < -0.39 is 0 Å². The maximum Gasteiger partial charge on any atom is 0.333 e. The Bertz CT molecular complexity index is 3450. The van der Waals surface area contributed by atoms with E-state index in [0.29, 0.717) is 0 Å². The first kappa shape index (κ1) is 34.8. The molecule has 5 heterocycles. The number of rotatable bonds is 1. The SMILES string of the molecule is CC(C)(C)c1ccc(N2B3c4cc5oc6ccccc6c5cc4-n4c5ccc(C(C)(C)C)cc5c5c6c(oc7ccccc76)c(c3c54)-c3cc(C(C)(C)C)ccc32)cc1. The normalized spacial score (nSPS) is 14.1. The molecule has 0 spiro atoms. The quantitative estimate of drug-likeness (QED) is 0.156. The largest absolute Gasteiger partial charge is 0.456 e. The highest BCUT2D eigenvalue weighted by Crippen LogP contribution is 2.52. The molecule has 0 fully saturated rings. The van der Waals surface area contributed by atoms with Gasteiger partial charge in [0.1, 0.15) is 22.3 Å². The Morgan fingerprint density at radius 1 is 0.492 bits per heavy atom. The van der Waals surface area contributed by atoms with Crippen LogP contribution in [0.1, 0.15) is 79.0 Å². The first-order chi connectivity index (χ1) is 28.2. The molecule has 0 aliphatic carbocycles. The number of furan rings is 2. The number of aromatic nitrogens is 1. The molecule has 4 nitrogen and oxygen atoms in total. The van der Waals surface area contributed by atoms with Crippen molar-refractivity contribution >= 4 is 94.8 Å². The maximum absolute atomic E-state index is 7.22. The number of anilines is 2. The summed E-state index contributed by atoms with van der Waals surface area (Å²) >= 11 is 0. The molecule has 3 aromatic heterocycles. The van der Waals surface area contributed by atoms with Crippen molar-refractivity contribution in [3.8, 4) is 16.8 Å². The molecular formula is C54H47BN2O2. The summed E-state index contributed by atoms with van der Waals surface area (Å²) in [5.74, 6) is 0. The lowest BCUT2D eigenvalue weighted by Gasteiger charge is -2.42. The number of hydrogen-bond donors (Lipinski definition) is 0. The molecule has 288 valence electrons. The zero-order valence-corrected chi connectivity index (χ0v) is 35.3. The van der Waals surface area contributed by atoms with E-state index in [4.69, 9.17) is 8.83 Å². The van der Waals surface area contributed by atoms with Gasteiger partial charge in [-0.15, -0.1) is 0 Å². The summed E-state index contributed by atoms with van der Waals surface area (Å²) in [7, 11) is 0. The molecule has 0 radical (unpaired) electrons. The lowest BCUT2D eigenvalue weighted by atomic mass is 9.43. The molecule has 5 heteroatoms. The number of nitrogens with zero attached hydrogens (tertiary/aromatic N) is 2. The van der Waals surface area contributed by atoms with Gasteiger partial charge in [-0.2, -0.15) is 0 Å². The van der Waals surface area contributed by atoms with E-state index in [1.165, 1.54) is 77.3 Å². The van der Waals surface area contributed by atoms with E-state index in [0.717, 1.165) is 44.2 Å². The van der Waals surface area contributed by atoms with E-state index in [9.17, 15) is 0 Å². The van der Waals surface area contributed by atoms with Crippen LogP contribution in [-0.4, -0.2) is 11.4 Å². The summed E-state index contributed by atoms with van der Waals surface area (Å²) in [6.07, 6.45) is 0. The van der Waals surface area contributed by atoms with Gasteiger partial charge in [0.25, 0.3) is 0 Å². The first-order valence-corrected chi connectivity index (χ1v) is 21.1. The Morgan fingerprint density at radius 2 is 1.12 bits per heavy atom. The number of benzene rings is 7. The van der Waals surface area contributed by atoms with Gasteiger partial charge in [0.15, 0.2) is 0 Å². The summed E-state index contributed by atoms with van der Waals surface area (Å²) in [6, 6.07) is 45.5. The van der Waals surface area contributed by atoms with Gasteiger partial charge >= 0.3 is 6.85 Å². The fraction of sp³-hybridized carbons (Fsp3) is 0.222. The van der Waals surface area contributed by atoms with Crippen molar-refractivity contribution in [2.75, 3.05) is 4.81 Å². The lowest BCUT2D eigenvalue weighted by Crippen LogP contribution is -2.60. The molecule has 0 atom stereocenters. The van der Waals surface area contributed by atoms with Crippen LogP contribution in [0.25, 0.3) is 82.5 Å². The average molecular weight is 767 g/mol. The second kappa shape index (κ2) is 11.3. The van der Waals surface area contributed by atoms with E-state index in [2.05, 4.69) is 193 Å². The molecule has 59 heavy (non-hydrogen) atoms. The van der Waals surface area contributed by atoms with Crippen LogP contribution in [-0.2, 0) is 16.2 Å². The minimum Gasteiger partial charge on any atom is -0.456 e. The van der Waals surface area contributed by atoms with E-state index >= 15 is 0 Å². The zero-order valence-electron chi connectivity index (χ0n) is 35.3. The van der Waals surface area contributed by atoms with Crippen LogP contribution in [0.5, 0.6) is 0 Å². The van der Waals surface area contributed by atoms with Gasteiger partial charge in [-0.3, -0.25) is 0 Å². The molecule has 0 saturated carbocycles. The van der Waals surface area contributed by atoms with Crippen molar-refractivity contribution in [1.82, 2.24) is 4.57 Å². The summed E-state index contributed by atoms with van der Waals surface area (Å²) < 4.78 is 16.5. The van der Waals surface area contributed by atoms with Crippen LogP contribution in [0.3, 0.4) is 0 Å². The standard InChI is InChI=1S/C54H47BN2O2/c1-52(2,3)30-18-22-33(23-19-30)57-41-25-21-32(54(7,8)9)27-38(41)48-49-50-46(47-35-15-11-13-17-44(35)59-51(47)48)37-26-31(53(4,5)6)20-24-40(37)56(50)42-28-36-34-14-10-12-16-43(34)58-45(36)29-39(42)55(49)57/h10-29H,1-9H3. The van der Waals surface area contributed by atoms with E-state index in [-0.39, 0.29) is 23.1 Å². The van der Waals surface area contributed by atoms with Crippen LogP contribution in [0.2, 0.25) is 0 Å². The Morgan fingerprint density at radius 3 is 1.83 bits per heavy atom. The topological polar surface area (TPSA) is 34.5 Å². The van der Waals surface area contributed by atoms with Gasteiger partial charge in [0.2, 0.25) is 0 Å². The monoisotopic (exact) mass is 766 g/mol. The van der Waals surface area contributed by atoms with Crippen LogP contribution in [0.4, 0.5) is 11.4 Å². The van der Waals surface area contributed by atoms with Crippen molar-refractivity contribution in [2.24, 2.45) is 0 Å². The van der Waals surface area contributed by atoms with Crippen molar-refractivity contribution < 1.29 is 8.83 Å². The fourth-order valence-corrected chi connectivity index (χ4v) is 10.3. The molecule has 0 N–H and O–H groups in total. The first-order valence-electron chi connectivity index (χ1n) is 21.1. The number of fused-ring (bicyclic) bond motifs is 16. The van der Waals surface area contributed by atoms with Gasteiger partial charge in [-0.25, -0.2) is 0 Å². The lowest BCUT2D eigenvalue weighted by molar-refractivity contribution is 0.590. The van der Waals surface area contributed by atoms with Crippen molar-refractivity contribution in [3.05, 3.63) is 138 Å². The van der Waals surface area contributed by atoms with Crippen LogP contribution in [0, 0.1) is 0 Å². The average Bonchev–Trinajstić information content (AvgIpc) is 3.87. The van der Waals surface area contributed by atoms with Crippen molar-refractivity contribution in [3.63, 3.8) is 0 Å². The third-order valence-electron chi connectivity index (χ3n) is 13.4. The van der Waals surface area contributed by atoms with E-state index in [1.54, 1.807) is 0 Å². The molecule has 0 amide bonds. The minimum atomic E-state index is -0.176. The Balaban J connectivity index is 1.34. The predicted octanol–water partition coefficient (Wildman–Crippen LogP) is 13.7. The van der Waals surface area contributed by atoms with Gasteiger partial charge in [0.05, 0.1) is 11.0 Å². The van der Waals surface area contributed by atoms with Gasteiger partial charge in [-0.05, 0) is 105 Å². The van der Waals surface area contributed by atoms with Crippen molar-refractivity contribution in [1.29, 1.82) is 0 Å². The number of para-hydroxylation sites is 2. The highest BCUT2D eigenvalue weighted by Gasteiger charge is 2.46. The minimum absolute atomic E-state index is 0.0305. The fourth-order valence-electron chi connectivity index (χ4n) is 10.3. The summed E-state index contributed by atoms with van der Waals surface area (Å²) in [4.78, 5) is 2.61. The Kier molecular flexibility index (Phi) is 6.66. The summed E-state index contributed by atoms with van der Waals surface area (Å²) in [5.41, 5.74) is 18.4. The van der Waals surface area contributed by atoms with Gasteiger partial charge in [0, 0.05) is 60.5 Å². The highest BCUT2D eigenvalue weighted by atomic mass is 16.3. The summed E-state index contributed by atoms with van der Waals surface area (Å²) in [6.45, 7) is 20.6. The van der Waals surface area contributed by atoms with Crippen LogP contribution in [0.15, 0.2) is 130 Å². The molecule has 7 aromatic carbocycles. The zero-order chi connectivity index (χ0) is 40.5. The molecule has 10 aromatic rings.